The summed E-state index contributed by atoms with van der Waals surface area (Å²) in [6.07, 6.45) is 0. The second kappa shape index (κ2) is 9.28. The summed E-state index contributed by atoms with van der Waals surface area (Å²) in [5.74, 6) is 0.717. The molecule has 0 spiro atoms. The van der Waals surface area contributed by atoms with Gasteiger partial charge in [-0.1, -0.05) is 27.7 Å². The van der Waals surface area contributed by atoms with Crippen LogP contribution >= 0.6 is 0 Å². The Morgan fingerprint density at radius 3 is 2.28 bits per heavy atom. The minimum Gasteiger partial charge on any atom is -0.494 e. The molecule has 0 N–H and O–H groups in total. The van der Waals surface area contributed by atoms with Gasteiger partial charge in [-0.2, -0.15) is 0 Å². The molecule has 0 bridgehead atoms. The molecule has 0 aliphatic rings. The van der Waals surface area contributed by atoms with Gasteiger partial charge in [0.05, 0.1) is 6.61 Å². The molecule has 0 atom stereocenters. The fourth-order valence-electron chi connectivity index (χ4n) is 1.30. The average molecular weight is 250 g/mol. The topological polar surface area (TPSA) is 39.4 Å². The van der Waals surface area contributed by atoms with Gasteiger partial charge in [0.15, 0.2) is 0 Å². The highest BCUT2D eigenvalue weighted by Crippen LogP contribution is 2.19. The Kier molecular flexibility index (Phi) is 8.37. The van der Waals surface area contributed by atoms with E-state index in [-0.39, 0.29) is 5.63 Å². The SMILES string of the molecule is CC.CC.CCOc1ccc2ccc(=O)oc2c1. The van der Waals surface area contributed by atoms with Gasteiger partial charge < -0.3 is 9.15 Å². The molecular weight excluding hydrogens is 228 g/mol. The molecule has 18 heavy (non-hydrogen) atoms. The van der Waals surface area contributed by atoms with Crippen molar-refractivity contribution in [2.75, 3.05) is 6.61 Å². The maximum absolute atomic E-state index is 10.9. The summed E-state index contributed by atoms with van der Waals surface area (Å²) in [6.45, 7) is 10.5. The van der Waals surface area contributed by atoms with Gasteiger partial charge in [-0.15, -0.1) is 0 Å². The third-order valence-corrected chi connectivity index (χ3v) is 1.91. The second-order valence-corrected chi connectivity index (χ2v) is 2.89. The summed E-state index contributed by atoms with van der Waals surface area (Å²) in [5.41, 5.74) is 0.217. The highest BCUT2D eigenvalue weighted by atomic mass is 16.5. The Morgan fingerprint density at radius 1 is 1.06 bits per heavy atom. The predicted octanol–water partition coefficient (Wildman–Crippen LogP) is 4.24. The summed E-state index contributed by atoms with van der Waals surface area (Å²) < 4.78 is 10.3. The minimum absolute atomic E-state index is 0.342. The van der Waals surface area contributed by atoms with Crippen molar-refractivity contribution in [1.29, 1.82) is 0 Å². The first-order valence-electron chi connectivity index (χ1n) is 6.46. The van der Waals surface area contributed by atoms with Gasteiger partial charge in [0.2, 0.25) is 0 Å². The van der Waals surface area contributed by atoms with E-state index < -0.39 is 0 Å². The van der Waals surface area contributed by atoms with Crippen LogP contribution in [0.4, 0.5) is 0 Å². The molecule has 0 aliphatic heterocycles. The number of fused-ring (bicyclic) bond motifs is 1. The molecule has 3 nitrogen and oxygen atoms in total. The fraction of sp³-hybridized carbons (Fsp3) is 0.400. The zero-order chi connectivity index (χ0) is 14.0. The van der Waals surface area contributed by atoms with Crippen molar-refractivity contribution in [2.45, 2.75) is 34.6 Å². The van der Waals surface area contributed by atoms with Crippen LogP contribution in [0.5, 0.6) is 5.75 Å². The number of hydrogen-bond acceptors (Lipinski definition) is 3. The maximum atomic E-state index is 10.9. The van der Waals surface area contributed by atoms with Gasteiger partial charge in [-0.25, -0.2) is 4.79 Å². The van der Waals surface area contributed by atoms with E-state index in [4.69, 9.17) is 9.15 Å². The van der Waals surface area contributed by atoms with Crippen molar-refractivity contribution in [3.8, 4) is 5.75 Å². The fourth-order valence-corrected chi connectivity index (χ4v) is 1.30. The molecule has 0 unspecified atom stereocenters. The van der Waals surface area contributed by atoms with Gasteiger partial charge in [0.25, 0.3) is 0 Å². The molecule has 0 saturated carbocycles. The molecule has 0 amide bonds. The van der Waals surface area contributed by atoms with E-state index >= 15 is 0 Å². The summed E-state index contributed by atoms with van der Waals surface area (Å²) in [6, 6.07) is 8.58. The van der Waals surface area contributed by atoms with E-state index in [1.54, 1.807) is 12.1 Å². The van der Waals surface area contributed by atoms with Gasteiger partial charge in [0, 0.05) is 17.5 Å². The van der Waals surface area contributed by atoms with E-state index in [0.29, 0.717) is 17.9 Å². The highest BCUT2D eigenvalue weighted by molar-refractivity contribution is 5.77. The summed E-state index contributed by atoms with van der Waals surface area (Å²) >= 11 is 0. The van der Waals surface area contributed by atoms with E-state index in [1.165, 1.54) is 6.07 Å². The molecular formula is C15H22O3. The Hall–Kier alpha value is -1.77. The zero-order valence-electron chi connectivity index (χ0n) is 11.8. The zero-order valence-corrected chi connectivity index (χ0v) is 11.8. The van der Waals surface area contributed by atoms with E-state index in [0.717, 1.165) is 5.39 Å². The van der Waals surface area contributed by atoms with Crippen LogP contribution < -0.4 is 10.4 Å². The first kappa shape index (κ1) is 16.2. The normalized spacial score (nSPS) is 8.72. The average Bonchev–Trinajstić information content (AvgIpc) is 2.43. The van der Waals surface area contributed by atoms with Crippen molar-refractivity contribution in [3.05, 3.63) is 40.8 Å². The van der Waals surface area contributed by atoms with E-state index in [2.05, 4.69) is 0 Å². The largest absolute Gasteiger partial charge is 0.494 e. The Balaban J connectivity index is 0.000000659. The lowest BCUT2D eigenvalue weighted by molar-refractivity contribution is 0.340. The lowest BCUT2D eigenvalue weighted by Gasteiger charge is -2.02. The highest BCUT2D eigenvalue weighted by Gasteiger charge is 1.98. The Bertz CT molecular complexity index is 500. The third-order valence-electron chi connectivity index (χ3n) is 1.91. The van der Waals surface area contributed by atoms with Gasteiger partial charge in [0.1, 0.15) is 11.3 Å². The van der Waals surface area contributed by atoms with Crippen LogP contribution in [0.2, 0.25) is 0 Å². The summed E-state index contributed by atoms with van der Waals surface area (Å²) in [4.78, 5) is 10.9. The van der Waals surface area contributed by atoms with Gasteiger partial charge >= 0.3 is 5.63 Å². The van der Waals surface area contributed by atoms with Crippen LogP contribution in [0.25, 0.3) is 11.0 Å². The lowest BCUT2D eigenvalue weighted by Crippen LogP contribution is -1.95. The molecule has 1 heterocycles. The second-order valence-electron chi connectivity index (χ2n) is 2.89. The molecule has 1 aromatic carbocycles. The first-order chi connectivity index (χ1) is 8.79. The maximum Gasteiger partial charge on any atom is 0.336 e. The van der Waals surface area contributed by atoms with Crippen molar-refractivity contribution >= 4 is 11.0 Å². The Labute approximate surface area is 108 Å². The van der Waals surface area contributed by atoms with Crippen LogP contribution in [-0.4, -0.2) is 6.61 Å². The van der Waals surface area contributed by atoms with Crippen LogP contribution in [0.1, 0.15) is 34.6 Å². The molecule has 0 radical (unpaired) electrons. The molecule has 100 valence electrons. The molecule has 3 heteroatoms. The quantitative estimate of drug-likeness (QED) is 0.748. The van der Waals surface area contributed by atoms with E-state index in [1.807, 2.05) is 46.8 Å². The predicted molar refractivity (Wildman–Crippen MR) is 76.3 cm³/mol. The van der Waals surface area contributed by atoms with Crippen molar-refractivity contribution in [1.82, 2.24) is 0 Å². The minimum atomic E-state index is -0.342. The summed E-state index contributed by atoms with van der Waals surface area (Å²) in [7, 11) is 0. The van der Waals surface area contributed by atoms with Crippen molar-refractivity contribution in [2.24, 2.45) is 0 Å². The third kappa shape index (κ3) is 4.62. The number of hydrogen-bond donors (Lipinski definition) is 0. The molecule has 2 rings (SSSR count). The Morgan fingerprint density at radius 2 is 1.67 bits per heavy atom. The molecule has 0 fully saturated rings. The van der Waals surface area contributed by atoms with Crippen LogP contribution in [-0.2, 0) is 0 Å². The molecule has 0 aliphatic carbocycles. The van der Waals surface area contributed by atoms with Gasteiger partial charge in [-0.3, -0.25) is 0 Å². The van der Waals surface area contributed by atoms with Crippen LogP contribution in [0, 0.1) is 0 Å². The van der Waals surface area contributed by atoms with Crippen LogP contribution in [0.3, 0.4) is 0 Å². The number of benzene rings is 1. The van der Waals surface area contributed by atoms with E-state index in [9.17, 15) is 4.79 Å². The smallest absolute Gasteiger partial charge is 0.336 e. The molecule has 2 aromatic rings. The molecule has 0 saturated heterocycles. The molecule has 1 aromatic heterocycles. The van der Waals surface area contributed by atoms with Crippen molar-refractivity contribution < 1.29 is 9.15 Å². The van der Waals surface area contributed by atoms with Crippen LogP contribution in [0.15, 0.2) is 39.5 Å². The monoisotopic (exact) mass is 250 g/mol. The lowest BCUT2D eigenvalue weighted by atomic mass is 10.2. The standard InChI is InChI=1S/C11H10O3.2C2H6/c1-2-13-9-5-3-8-4-6-11(12)14-10(8)7-9;2*1-2/h3-7H,2H2,1H3;2*1-2H3. The number of ether oxygens (including phenoxy) is 1. The number of rotatable bonds is 2. The van der Waals surface area contributed by atoms with Gasteiger partial charge in [-0.05, 0) is 25.1 Å². The first-order valence-corrected chi connectivity index (χ1v) is 6.46. The summed E-state index contributed by atoms with van der Waals surface area (Å²) in [5, 5.41) is 0.896. The van der Waals surface area contributed by atoms with Crippen molar-refractivity contribution in [3.63, 3.8) is 0 Å².